The predicted molar refractivity (Wildman–Crippen MR) is 108 cm³/mol. The van der Waals surface area contributed by atoms with Crippen molar-refractivity contribution in [3.8, 4) is 0 Å². The van der Waals surface area contributed by atoms with Gasteiger partial charge in [0.2, 0.25) is 5.91 Å². The van der Waals surface area contributed by atoms with E-state index < -0.39 is 11.7 Å². The van der Waals surface area contributed by atoms with Gasteiger partial charge in [0.15, 0.2) is 0 Å². The monoisotopic (exact) mass is 401 g/mol. The van der Waals surface area contributed by atoms with Gasteiger partial charge >= 0.3 is 6.09 Å². The predicted octanol–water partition coefficient (Wildman–Crippen LogP) is 1.96. The Balaban J connectivity index is 2.33. The van der Waals surface area contributed by atoms with Crippen molar-refractivity contribution in [2.45, 2.75) is 64.9 Å². The van der Waals surface area contributed by atoms with Crippen LogP contribution in [0, 0.1) is 5.41 Å². The molecule has 1 aliphatic rings. The summed E-state index contributed by atoms with van der Waals surface area (Å²) in [4.78, 5) is 24.4. The molecule has 0 unspecified atom stereocenters. The molecule has 1 saturated carbocycles. The molecule has 8 nitrogen and oxygen atoms in total. The Hall–Kier alpha value is -1.38. The lowest BCUT2D eigenvalue weighted by molar-refractivity contribution is -0.124. The summed E-state index contributed by atoms with van der Waals surface area (Å²) in [7, 11) is 0. The average Bonchev–Trinajstić information content (AvgIpc) is 2.62. The Morgan fingerprint density at radius 1 is 0.964 bits per heavy atom. The fourth-order valence-corrected chi connectivity index (χ4v) is 3.36. The normalized spacial score (nSPS) is 16.4. The molecule has 0 saturated heterocycles. The highest BCUT2D eigenvalue weighted by atomic mass is 16.6. The third kappa shape index (κ3) is 11.5. The molecule has 0 heterocycles. The molecule has 28 heavy (non-hydrogen) atoms. The highest BCUT2D eigenvalue weighted by molar-refractivity contribution is 5.77. The lowest BCUT2D eigenvalue weighted by Crippen LogP contribution is -2.44. The molecule has 0 radical (unpaired) electrons. The Morgan fingerprint density at radius 3 is 2.21 bits per heavy atom. The number of hydrogen-bond acceptors (Lipinski definition) is 6. The number of hydrogen-bond donors (Lipinski definition) is 3. The minimum absolute atomic E-state index is 0.00382. The van der Waals surface area contributed by atoms with Crippen molar-refractivity contribution in [2.75, 3.05) is 46.1 Å². The molecule has 0 aromatic heterocycles. The number of nitrogens with two attached hydrogens (primary N) is 1. The summed E-state index contributed by atoms with van der Waals surface area (Å²) in [5.41, 5.74) is 4.60. The van der Waals surface area contributed by atoms with E-state index in [-0.39, 0.29) is 11.3 Å². The number of nitrogens with one attached hydrogen (secondary N) is 2. The van der Waals surface area contributed by atoms with Gasteiger partial charge in [-0.05, 0) is 39.0 Å². The van der Waals surface area contributed by atoms with Gasteiger partial charge in [-0.1, -0.05) is 19.3 Å². The maximum absolute atomic E-state index is 12.4. The molecule has 164 valence electrons. The fraction of sp³-hybridized carbons (Fsp3) is 0.900. The molecule has 1 aliphatic carbocycles. The lowest BCUT2D eigenvalue weighted by Gasteiger charge is -2.37. The van der Waals surface area contributed by atoms with Gasteiger partial charge in [0.05, 0.1) is 26.4 Å². The first-order chi connectivity index (χ1) is 13.3. The fourth-order valence-electron chi connectivity index (χ4n) is 3.36. The summed E-state index contributed by atoms with van der Waals surface area (Å²) in [5, 5.41) is 5.78. The molecule has 0 aliphatic heterocycles. The van der Waals surface area contributed by atoms with Gasteiger partial charge in [0.1, 0.15) is 5.60 Å². The Labute approximate surface area is 169 Å². The Bertz CT molecular complexity index is 459. The smallest absolute Gasteiger partial charge is 0.407 e. The van der Waals surface area contributed by atoms with Crippen molar-refractivity contribution in [3.05, 3.63) is 0 Å². The zero-order valence-electron chi connectivity index (χ0n) is 17.8. The van der Waals surface area contributed by atoms with Gasteiger partial charge in [0.25, 0.3) is 0 Å². The molecule has 8 heteroatoms. The summed E-state index contributed by atoms with van der Waals surface area (Å²) in [6, 6.07) is 0. The van der Waals surface area contributed by atoms with Crippen LogP contribution in [0.5, 0.6) is 0 Å². The van der Waals surface area contributed by atoms with Crippen molar-refractivity contribution in [1.29, 1.82) is 0 Å². The molecule has 4 N–H and O–H groups in total. The van der Waals surface area contributed by atoms with E-state index in [4.69, 9.17) is 19.9 Å². The van der Waals surface area contributed by atoms with E-state index >= 15 is 0 Å². The van der Waals surface area contributed by atoms with Crippen LogP contribution in [0.25, 0.3) is 0 Å². The van der Waals surface area contributed by atoms with E-state index in [0.29, 0.717) is 52.5 Å². The molecular formula is C20H39N3O5. The van der Waals surface area contributed by atoms with E-state index in [1.165, 1.54) is 6.42 Å². The summed E-state index contributed by atoms with van der Waals surface area (Å²) < 4.78 is 16.0. The number of carbonyl (C=O) groups is 2. The largest absolute Gasteiger partial charge is 0.444 e. The molecule has 1 fully saturated rings. The second-order valence-electron chi connectivity index (χ2n) is 8.46. The van der Waals surface area contributed by atoms with E-state index in [1.807, 2.05) is 20.8 Å². The third-order valence-corrected chi connectivity index (χ3v) is 4.66. The topological polar surface area (TPSA) is 112 Å². The first-order valence-electron chi connectivity index (χ1n) is 10.4. The SMILES string of the molecule is CC(C)(C)OC(=O)NCC1(CC(=O)NCCOCCOCCN)CCCCC1. The van der Waals surface area contributed by atoms with Crippen LogP contribution in [0.15, 0.2) is 0 Å². The van der Waals surface area contributed by atoms with Crippen LogP contribution in [0.1, 0.15) is 59.3 Å². The van der Waals surface area contributed by atoms with Gasteiger partial charge in [-0.2, -0.15) is 0 Å². The van der Waals surface area contributed by atoms with Crippen molar-refractivity contribution in [3.63, 3.8) is 0 Å². The van der Waals surface area contributed by atoms with Crippen molar-refractivity contribution in [2.24, 2.45) is 11.1 Å². The Kier molecular flexibility index (Phi) is 11.4. The van der Waals surface area contributed by atoms with Gasteiger partial charge in [-0.15, -0.1) is 0 Å². The third-order valence-electron chi connectivity index (χ3n) is 4.66. The second-order valence-corrected chi connectivity index (χ2v) is 8.46. The highest BCUT2D eigenvalue weighted by Crippen LogP contribution is 2.38. The summed E-state index contributed by atoms with van der Waals surface area (Å²) in [6.45, 7) is 8.90. The quantitative estimate of drug-likeness (QED) is 0.431. The maximum Gasteiger partial charge on any atom is 0.407 e. The molecule has 0 aromatic rings. The number of rotatable bonds is 12. The van der Waals surface area contributed by atoms with E-state index in [9.17, 15) is 9.59 Å². The minimum Gasteiger partial charge on any atom is -0.444 e. The first-order valence-corrected chi connectivity index (χ1v) is 10.4. The summed E-state index contributed by atoms with van der Waals surface area (Å²) in [5.74, 6) is -0.00382. The van der Waals surface area contributed by atoms with Crippen molar-refractivity contribution >= 4 is 12.0 Å². The van der Waals surface area contributed by atoms with E-state index in [2.05, 4.69) is 10.6 Å². The first kappa shape index (κ1) is 24.7. The molecule has 0 aromatic carbocycles. The van der Waals surface area contributed by atoms with Crippen LogP contribution >= 0.6 is 0 Å². The zero-order chi connectivity index (χ0) is 20.9. The Morgan fingerprint density at radius 2 is 1.61 bits per heavy atom. The van der Waals surface area contributed by atoms with E-state index in [0.717, 1.165) is 25.7 Å². The molecule has 0 spiro atoms. The number of alkyl carbamates (subject to hydrolysis) is 1. The van der Waals surface area contributed by atoms with Crippen LogP contribution in [0.3, 0.4) is 0 Å². The summed E-state index contributed by atoms with van der Waals surface area (Å²) >= 11 is 0. The van der Waals surface area contributed by atoms with Crippen molar-refractivity contribution < 1.29 is 23.8 Å². The van der Waals surface area contributed by atoms with Crippen LogP contribution in [-0.2, 0) is 19.0 Å². The molecule has 2 amide bonds. The van der Waals surface area contributed by atoms with Gasteiger partial charge < -0.3 is 30.6 Å². The van der Waals surface area contributed by atoms with Crippen molar-refractivity contribution in [1.82, 2.24) is 10.6 Å². The second kappa shape index (κ2) is 13.0. The summed E-state index contributed by atoms with van der Waals surface area (Å²) in [6.07, 6.45) is 5.18. The standard InChI is InChI=1S/C20H39N3O5/c1-19(2,3)28-18(25)23-16-20(7-5-4-6-8-20)15-17(24)22-10-12-27-14-13-26-11-9-21/h4-16,21H2,1-3H3,(H,22,24)(H,23,25). The van der Waals surface area contributed by atoms with Gasteiger partial charge in [-0.3, -0.25) is 4.79 Å². The van der Waals surface area contributed by atoms with Crippen LogP contribution in [0.4, 0.5) is 4.79 Å². The van der Waals surface area contributed by atoms with Gasteiger partial charge in [-0.25, -0.2) is 4.79 Å². The molecule has 0 atom stereocenters. The highest BCUT2D eigenvalue weighted by Gasteiger charge is 2.35. The number of amides is 2. The van der Waals surface area contributed by atoms with E-state index in [1.54, 1.807) is 0 Å². The van der Waals surface area contributed by atoms with Gasteiger partial charge in [0, 0.05) is 26.1 Å². The number of carbonyl (C=O) groups excluding carboxylic acids is 2. The lowest BCUT2D eigenvalue weighted by atomic mass is 9.71. The maximum atomic E-state index is 12.4. The molecule has 1 rings (SSSR count). The molecular weight excluding hydrogens is 362 g/mol. The average molecular weight is 402 g/mol. The van der Waals surface area contributed by atoms with Crippen LogP contribution in [-0.4, -0.2) is 63.7 Å². The zero-order valence-corrected chi connectivity index (χ0v) is 17.8. The molecule has 0 bridgehead atoms. The van der Waals surface area contributed by atoms with Crippen LogP contribution < -0.4 is 16.4 Å². The van der Waals surface area contributed by atoms with Crippen LogP contribution in [0.2, 0.25) is 0 Å². The minimum atomic E-state index is -0.531. The number of ether oxygens (including phenoxy) is 3.